The van der Waals surface area contributed by atoms with Crippen molar-refractivity contribution in [2.45, 2.75) is 13.5 Å². The normalized spacial score (nSPS) is 10.5. The third-order valence-corrected chi connectivity index (χ3v) is 4.14. The fourth-order valence-electron chi connectivity index (χ4n) is 1.84. The average Bonchev–Trinajstić information content (AvgIpc) is 2.80. The molecule has 2 rings (SSSR count). The van der Waals surface area contributed by atoms with Gasteiger partial charge in [-0.05, 0) is 19.1 Å². The second-order valence-electron chi connectivity index (χ2n) is 5.04. The minimum absolute atomic E-state index is 0.138. The molecule has 0 fully saturated rings. The quantitative estimate of drug-likeness (QED) is 0.931. The summed E-state index contributed by atoms with van der Waals surface area (Å²) in [6.07, 6.45) is 0. The van der Waals surface area contributed by atoms with E-state index in [0.717, 1.165) is 16.5 Å². The molecule has 0 unspecified atom stereocenters. The number of nitrogens with two attached hydrogens (primary N) is 1. The summed E-state index contributed by atoms with van der Waals surface area (Å²) in [4.78, 5) is 25.0. The Kier molecular flexibility index (Phi) is 4.42. The molecule has 0 bridgehead atoms. The first-order valence-corrected chi connectivity index (χ1v) is 7.31. The van der Waals surface area contributed by atoms with Gasteiger partial charge in [0.2, 0.25) is 0 Å². The standard InChI is InChI=1S/C14H19N5OS/c1-9-6-5-7-10(16-9)8-19(4)13(20)11-12(15)17-14(21-11)18(2)3/h5-7H,8,15H2,1-4H3. The van der Waals surface area contributed by atoms with Crippen molar-refractivity contribution in [1.29, 1.82) is 0 Å². The highest BCUT2D eigenvalue weighted by Gasteiger charge is 2.20. The molecule has 2 aromatic heterocycles. The lowest BCUT2D eigenvalue weighted by Gasteiger charge is -2.16. The number of anilines is 2. The Labute approximate surface area is 128 Å². The van der Waals surface area contributed by atoms with Gasteiger partial charge >= 0.3 is 0 Å². The average molecular weight is 305 g/mol. The Hall–Kier alpha value is -2.15. The van der Waals surface area contributed by atoms with Crippen LogP contribution in [0.1, 0.15) is 21.1 Å². The van der Waals surface area contributed by atoms with Gasteiger partial charge in [0.1, 0.15) is 10.7 Å². The number of amides is 1. The summed E-state index contributed by atoms with van der Waals surface area (Å²) in [6.45, 7) is 2.37. The maximum atomic E-state index is 12.5. The highest BCUT2D eigenvalue weighted by molar-refractivity contribution is 7.18. The van der Waals surface area contributed by atoms with E-state index in [-0.39, 0.29) is 11.7 Å². The Morgan fingerprint density at radius 3 is 2.57 bits per heavy atom. The zero-order valence-electron chi connectivity index (χ0n) is 12.6. The van der Waals surface area contributed by atoms with Crippen LogP contribution in [-0.4, -0.2) is 41.9 Å². The number of nitrogen functional groups attached to an aromatic ring is 1. The fraction of sp³-hybridized carbons (Fsp3) is 0.357. The molecule has 0 aliphatic rings. The maximum Gasteiger partial charge on any atom is 0.267 e. The van der Waals surface area contributed by atoms with E-state index in [9.17, 15) is 4.79 Å². The lowest BCUT2D eigenvalue weighted by Crippen LogP contribution is -2.26. The molecule has 6 nitrogen and oxygen atoms in total. The molecule has 112 valence electrons. The van der Waals surface area contributed by atoms with E-state index in [4.69, 9.17) is 5.73 Å². The topological polar surface area (TPSA) is 75.4 Å². The molecule has 1 amide bonds. The van der Waals surface area contributed by atoms with Gasteiger partial charge in [0.15, 0.2) is 5.13 Å². The summed E-state index contributed by atoms with van der Waals surface area (Å²) in [6, 6.07) is 5.76. The van der Waals surface area contributed by atoms with Crippen LogP contribution < -0.4 is 10.6 Å². The molecular weight excluding hydrogens is 286 g/mol. The van der Waals surface area contributed by atoms with Crippen molar-refractivity contribution in [3.63, 3.8) is 0 Å². The van der Waals surface area contributed by atoms with Crippen LogP contribution in [0.4, 0.5) is 10.9 Å². The lowest BCUT2D eigenvalue weighted by atomic mass is 10.3. The van der Waals surface area contributed by atoms with E-state index in [1.807, 2.05) is 44.1 Å². The van der Waals surface area contributed by atoms with Crippen LogP contribution in [0.15, 0.2) is 18.2 Å². The van der Waals surface area contributed by atoms with E-state index in [1.165, 1.54) is 11.3 Å². The first-order chi connectivity index (χ1) is 9.88. The van der Waals surface area contributed by atoms with Crippen molar-refractivity contribution in [2.75, 3.05) is 31.8 Å². The molecule has 0 radical (unpaired) electrons. The first kappa shape index (κ1) is 15.2. The van der Waals surface area contributed by atoms with Crippen LogP contribution in [-0.2, 0) is 6.54 Å². The number of carbonyl (C=O) groups excluding carboxylic acids is 1. The summed E-state index contributed by atoms with van der Waals surface area (Å²) in [5.74, 6) is 0.138. The van der Waals surface area contributed by atoms with E-state index in [0.29, 0.717) is 11.4 Å². The van der Waals surface area contributed by atoms with Crippen molar-refractivity contribution >= 4 is 28.2 Å². The number of nitrogens with zero attached hydrogens (tertiary/aromatic N) is 4. The smallest absolute Gasteiger partial charge is 0.267 e. The maximum absolute atomic E-state index is 12.5. The number of hydrogen-bond acceptors (Lipinski definition) is 6. The summed E-state index contributed by atoms with van der Waals surface area (Å²) in [5.41, 5.74) is 7.62. The minimum atomic E-state index is -0.138. The number of pyridine rings is 1. The van der Waals surface area contributed by atoms with Gasteiger partial charge in [0, 0.05) is 26.8 Å². The largest absolute Gasteiger partial charge is 0.382 e. The number of thiazole rings is 1. The summed E-state index contributed by atoms with van der Waals surface area (Å²) >= 11 is 1.30. The van der Waals surface area contributed by atoms with E-state index < -0.39 is 0 Å². The Morgan fingerprint density at radius 1 is 1.29 bits per heavy atom. The highest BCUT2D eigenvalue weighted by Crippen LogP contribution is 2.27. The summed E-state index contributed by atoms with van der Waals surface area (Å²) < 4.78 is 0. The summed E-state index contributed by atoms with van der Waals surface area (Å²) in [7, 11) is 5.47. The van der Waals surface area contributed by atoms with Gasteiger partial charge in [-0.25, -0.2) is 4.98 Å². The first-order valence-electron chi connectivity index (χ1n) is 6.50. The molecule has 0 aliphatic heterocycles. The summed E-state index contributed by atoms with van der Waals surface area (Å²) in [5, 5.41) is 0.720. The van der Waals surface area contributed by atoms with E-state index >= 15 is 0 Å². The lowest BCUT2D eigenvalue weighted by molar-refractivity contribution is 0.0789. The predicted octanol–water partition coefficient (Wildman–Crippen LogP) is 1.77. The zero-order valence-corrected chi connectivity index (χ0v) is 13.4. The molecule has 0 atom stereocenters. The number of hydrogen-bond donors (Lipinski definition) is 1. The second-order valence-corrected chi connectivity index (χ2v) is 6.01. The molecule has 21 heavy (non-hydrogen) atoms. The SMILES string of the molecule is Cc1cccc(CN(C)C(=O)c2sc(N(C)C)nc2N)n1. The second kappa shape index (κ2) is 6.09. The Balaban J connectivity index is 2.16. The fourth-order valence-corrected chi connectivity index (χ4v) is 2.74. The monoisotopic (exact) mass is 305 g/mol. The number of aryl methyl sites for hydroxylation is 1. The van der Waals surface area contributed by atoms with Crippen molar-refractivity contribution in [1.82, 2.24) is 14.9 Å². The predicted molar refractivity (Wildman–Crippen MR) is 85.6 cm³/mol. The molecule has 7 heteroatoms. The van der Waals surface area contributed by atoms with Crippen molar-refractivity contribution < 1.29 is 4.79 Å². The zero-order chi connectivity index (χ0) is 15.6. The molecular formula is C14H19N5OS. The molecule has 0 spiro atoms. The van der Waals surface area contributed by atoms with Crippen LogP contribution in [0, 0.1) is 6.92 Å². The molecule has 2 heterocycles. The van der Waals surface area contributed by atoms with E-state index in [1.54, 1.807) is 11.9 Å². The van der Waals surface area contributed by atoms with Crippen LogP contribution >= 0.6 is 11.3 Å². The molecule has 0 aliphatic carbocycles. The van der Waals surface area contributed by atoms with Gasteiger partial charge in [-0.2, -0.15) is 0 Å². The van der Waals surface area contributed by atoms with Crippen molar-refractivity contribution in [2.24, 2.45) is 0 Å². The number of aromatic nitrogens is 2. The van der Waals surface area contributed by atoms with Gasteiger partial charge in [0.25, 0.3) is 5.91 Å². The van der Waals surface area contributed by atoms with Crippen molar-refractivity contribution in [3.05, 3.63) is 34.5 Å². The van der Waals surface area contributed by atoms with Crippen LogP contribution in [0.25, 0.3) is 0 Å². The number of rotatable bonds is 4. The van der Waals surface area contributed by atoms with Gasteiger partial charge < -0.3 is 15.5 Å². The Morgan fingerprint density at radius 2 is 2.00 bits per heavy atom. The molecule has 0 saturated carbocycles. The highest BCUT2D eigenvalue weighted by atomic mass is 32.1. The van der Waals surface area contributed by atoms with Gasteiger partial charge in [-0.1, -0.05) is 17.4 Å². The van der Waals surface area contributed by atoms with Crippen molar-refractivity contribution in [3.8, 4) is 0 Å². The molecule has 2 aromatic rings. The minimum Gasteiger partial charge on any atom is -0.382 e. The van der Waals surface area contributed by atoms with Gasteiger partial charge in [-0.15, -0.1) is 0 Å². The van der Waals surface area contributed by atoms with Crippen LogP contribution in [0.2, 0.25) is 0 Å². The van der Waals surface area contributed by atoms with Crippen LogP contribution in [0.5, 0.6) is 0 Å². The van der Waals surface area contributed by atoms with Gasteiger partial charge in [-0.3, -0.25) is 9.78 Å². The van der Waals surface area contributed by atoms with E-state index in [2.05, 4.69) is 9.97 Å². The van der Waals surface area contributed by atoms with Crippen LogP contribution in [0.3, 0.4) is 0 Å². The third kappa shape index (κ3) is 3.49. The Bertz CT molecular complexity index is 653. The van der Waals surface area contributed by atoms with Gasteiger partial charge in [0.05, 0.1) is 12.2 Å². The molecule has 2 N–H and O–H groups in total. The number of carbonyl (C=O) groups is 1. The third-order valence-electron chi connectivity index (χ3n) is 2.91. The molecule has 0 saturated heterocycles. The molecule has 0 aromatic carbocycles.